The van der Waals surface area contributed by atoms with Crippen LogP contribution >= 0.6 is 11.9 Å². The molecule has 3 aliphatic rings. The van der Waals surface area contributed by atoms with Crippen LogP contribution in [-0.4, -0.2) is 60.7 Å². The maximum absolute atomic E-state index is 15.2. The number of carbonyl (C=O) groups excluding carboxylic acids is 1. The minimum Gasteiger partial charge on any atom is -0.371 e. The number of benzene rings is 2. The molecule has 0 amide bonds. The topological polar surface area (TPSA) is 41.6 Å². The molecule has 34 heavy (non-hydrogen) atoms. The fourth-order valence-corrected chi connectivity index (χ4v) is 5.13. The zero-order valence-electron chi connectivity index (χ0n) is 18.9. The van der Waals surface area contributed by atoms with Crippen LogP contribution in [0.1, 0.15) is 24.8 Å². The van der Waals surface area contributed by atoms with E-state index in [1.165, 1.54) is 30.1 Å². The second kappa shape index (κ2) is 10.8. The summed E-state index contributed by atoms with van der Waals surface area (Å²) in [6.45, 7) is 0.401. The summed E-state index contributed by atoms with van der Waals surface area (Å²) in [4.78, 5) is 11.2. The van der Waals surface area contributed by atoms with Crippen molar-refractivity contribution in [2.24, 2.45) is 0 Å². The molecule has 3 atom stereocenters. The Hall–Kier alpha value is -1.94. The number of hydrogen-bond donors (Lipinski definition) is 1. The van der Waals surface area contributed by atoms with Gasteiger partial charge in [-0.1, -0.05) is 48.3 Å². The van der Waals surface area contributed by atoms with Gasteiger partial charge in [0.2, 0.25) is 0 Å². The van der Waals surface area contributed by atoms with Crippen LogP contribution in [0.4, 0.5) is 17.6 Å². The first kappa shape index (κ1) is 25.2. The molecule has 0 radical (unpaired) electrons. The molecular formula is C25H28F4N2O2S. The molecule has 1 saturated carbocycles. The summed E-state index contributed by atoms with van der Waals surface area (Å²) in [5.74, 6) is -3.95. The Kier molecular flexibility index (Phi) is 7.97. The fraction of sp³-hybridized carbons (Fsp3) is 0.480. The van der Waals surface area contributed by atoms with Crippen LogP contribution in [0.2, 0.25) is 0 Å². The number of rotatable bonds is 7. The monoisotopic (exact) mass is 496 g/mol. The lowest BCUT2D eigenvalue weighted by Crippen LogP contribution is -2.47. The van der Waals surface area contributed by atoms with E-state index in [-0.39, 0.29) is 30.2 Å². The molecule has 1 aliphatic carbocycles. The van der Waals surface area contributed by atoms with Crippen molar-refractivity contribution in [3.63, 3.8) is 0 Å². The van der Waals surface area contributed by atoms with Gasteiger partial charge in [0.05, 0.1) is 19.2 Å². The average Bonchev–Trinajstić information content (AvgIpc) is 3.55. The molecule has 2 aromatic carbocycles. The average molecular weight is 497 g/mol. The van der Waals surface area contributed by atoms with Gasteiger partial charge in [0.25, 0.3) is 5.92 Å². The second-order valence-electron chi connectivity index (χ2n) is 8.95. The van der Waals surface area contributed by atoms with Crippen molar-refractivity contribution in [2.45, 2.75) is 55.0 Å². The molecule has 2 aromatic rings. The molecule has 0 aromatic heterocycles. The summed E-state index contributed by atoms with van der Waals surface area (Å²) in [6.07, 6.45) is 3.90. The van der Waals surface area contributed by atoms with Gasteiger partial charge in [-0.2, -0.15) is 0 Å². The minimum atomic E-state index is -2.89. The Morgan fingerprint density at radius 2 is 1.82 bits per heavy atom. The van der Waals surface area contributed by atoms with Crippen molar-refractivity contribution in [3.8, 4) is 11.1 Å². The molecule has 0 bridgehead atoms. The molecular weight excluding hydrogens is 468 g/mol. The van der Waals surface area contributed by atoms with Crippen molar-refractivity contribution in [2.75, 3.05) is 20.2 Å². The third-order valence-electron chi connectivity index (χ3n) is 6.31. The number of ether oxygens (including phenoxy) is 1. The summed E-state index contributed by atoms with van der Waals surface area (Å²) in [5.41, 5.74) is 0.643. The lowest BCUT2D eigenvalue weighted by atomic mass is 9.95. The summed E-state index contributed by atoms with van der Waals surface area (Å²) in [7, 11) is 1.64. The third-order valence-corrected chi connectivity index (χ3v) is 7.50. The number of nitrogens with one attached hydrogen (secondary N) is 1. The number of halogens is 4. The highest BCUT2D eigenvalue weighted by atomic mass is 32.2. The Balaban J connectivity index is 0.000000398. The Morgan fingerprint density at radius 1 is 1.12 bits per heavy atom. The number of likely N-dealkylation sites (N-methyl/N-ethyl adjacent to an activating group) is 1. The van der Waals surface area contributed by atoms with E-state index in [0.717, 1.165) is 32.2 Å². The van der Waals surface area contributed by atoms with Gasteiger partial charge >= 0.3 is 0 Å². The van der Waals surface area contributed by atoms with Crippen molar-refractivity contribution in [1.29, 1.82) is 0 Å². The van der Waals surface area contributed by atoms with E-state index in [2.05, 4.69) is 4.72 Å². The Morgan fingerprint density at radius 3 is 2.41 bits per heavy atom. The van der Waals surface area contributed by atoms with Crippen molar-refractivity contribution in [3.05, 3.63) is 59.7 Å². The van der Waals surface area contributed by atoms with Crippen LogP contribution in [0.3, 0.4) is 0 Å². The molecule has 184 valence electrons. The van der Waals surface area contributed by atoms with Crippen molar-refractivity contribution >= 4 is 18.2 Å². The van der Waals surface area contributed by atoms with Gasteiger partial charge in [0.15, 0.2) is 0 Å². The van der Waals surface area contributed by atoms with Crippen LogP contribution in [0.15, 0.2) is 42.5 Å². The summed E-state index contributed by atoms with van der Waals surface area (Å²) in [5, 5.41) is 0.392. The molecule has 1 N–H and O–H groups in total. The molecule has 0 spiro atoms. The Labute approximate surface area is 201 Å². The van der Waals surface area contributed by atoms with Crippen LogP contribution < -0.4 is 4.72 Å². The van der Waals surface area contributed by atoms with Crippen LogP contribution in [0, 0.1) is 11.6 Å². The first-order valence-corrected chi connectivity index (χ1v) is 12.3. The number of alkyl halides is 2. The van der Waals surface area contributed by atoms with Gasteiger partial charge in [-0.3, -0.25) is 9.62 Å². The molecule has 3 fully saturated rings. The minimum absolute atomic E-state index is 0.0648. The molecule has 2 heterocycles. The third kappa shape index (κ3) is 5.82. The van der Waals surface area contributed by atoms with E-state index in [9.17, 15) is 18.0 Å². The normalized spacial score (nSPS) is 25.9. The second-order valence-corrected chi connectivity index (χ2v) is 10.1. The molecule has 4 nitrogen and oxygen atoms in total. The first-order chi connectivity index (χ1) is 16.3. The summed E-state index contributed by atoms with van der Waals surface area (Å²) >= 11 is 1.36. The highest BCUT2D eigenvalue weighted by molar-refractivity contribution is 7.98. The Bertz CT molecular complexity index is 1000. The zero-order chi connectivity index (χ0) is 24.3. The van der Waals surface area contributed by atoms with Crippen LogP contribution in [-0.2, 0) is 16.0 Å². The lowest BCUT2D eigenvalue weighted by Gasteiger charge is -2.27. The van der Waals surface area contributed by atoms with E-state index < -0.39 is 29.6 Å². The van der Waals surface area contributed by atoms with E-state index in [1.54, 1.807) is 36.2 Å². The number of nitrogens with zero attached hydrogens (tertiary/aromatic N) is 1. The quantitative estimate of drug-likeness (QED) is 0.337. The van der Waals surface area contributed by atoms with Gasteiger partial charge in [-0.15, -0.1) is 0 Å². The largest absolute Gasteiger partial charge is 0.371 e. The highest BCUT2D eigenvalue weighted by Gasteiger charge is 2.53. The molecule has 2 saturated heterocycles. The summed E-state index contributed by atoms with van der Waals surface area (Å²) < 4.78 is 66.0. The standard InChI is InChI=1S/C21H22F4N2S.C4H6O2/c1-27-12-21(24,25)20(26-28-14-9-10-14)18(27)11-13-5-4-7-16(19(13)23)15-6-2-3-8-17(15)22;5-3-4-1-2-6-4/h2-8,14,18,20,26H,9-12H2,1H3;3-4H,1-2H2. The number of carbonyl (C=O) groups is 1. The maximum atomic E-state index is 15.2. The van der Waals surface area contributed by atoms with E-state index in [4.69, 9.17) is 4.74 Å². The highest BCUT2D eigenvalue weighted by Crippen LogP contribution is 2.39. The predicted molar refractivity (Wildman–Crippen MR) is 125 cm³/mol. The van der Waals surface area contributed by atoms with Gasteiger partial charge in [-0.05, 0) is 37.9 Å². The number of aldehydes is 1. The zero-order valence-corrected chi connectivity index (χ0v) is 19.7. The molecule has 9 heteroatoms. The van der Waals surface area contributed by atoms with Gasteiger partial charge in [0, 0.05) is 28.8 Å². The van der Waals surface area contributed by atoms with Gasteiger partial charge in [0.1, 0.15) is 24.0 Å². The number of likely N-dealkylation sites (tertiary alicyclic amines) is 1. The number of hydrogen-bond acceptors (Lipinski definition) is 5. The van der Waals surface area contributed by atoms with E-state index in [0.29, 0.717) is 10.8 Å². The van der Waals surface area contributed by atoms with E-state index in [1.807, 2.05) is 0 Å². The molecule has 2 aliphatic heterocycles. The molecule has 3 unspecified atom stereocenters. The SMILES string of the molecule is CN1CC(F)(F)C(NSC2CC2)C1Cc1cccc(-c2ccccc2F)c1F.O=CC1CCO1. The fourth-order valence-electron chi connectivity index (χ4n) is 4.09. The summed E-state index contributed by atoms with van der Waals surface area (Å²) in [6, 6.07) is 9.14. The van der Waals surface area contributed by atoms with Crippen molar-refractivity contribution < 1.29 is 27.1 Å². The lowest BCUT2D eigenvalue weighted by molar-refractivity contribution is -0.129. The van der Waals surface area contributed by atoms with Crippen molar-refractivity contribution in [1.82, 2.24) is 9.62 Å². The van der Waals surface area contributed by atoms with Crippen LogP contribution in [0.5, 0.6) is 0 Å². The van der Waals surface area contributed by atoms with Gasteiger partial charge < -0.3 is 9.53 Å². The predicted octanol–water partition coefficient (Wildman–Crippen LogP) is 4.87. The van der Waals surface area contributed by atoms with Gasteiger partial charge in [-0.25, -0.2) is 17.6 Å². The van der Waals surface area contributed by atoms with E-state index >= 15 is 4.39 Å². The van der Waals surface area contributed by atoms with Crippen LogP contribution in [0.25, 0.3) is 11.1 Å². The maximum Gasteiger partial charge on any atom is 0.277 e. The smallest absolute Gasteiger partial charge is 0.277 e. The first-order valence-electron chi connectivity index (χ1n) is 11.4. The molecule has 5 rings (SSSR count).